The fourth-order valence-electron chi connectivity index (χ4n) is 3.17. The normalized spacial score (nSPS) is 26.6. The summed E-state index contributed by atoms with van der Waals surface area (Å²) >= 11 is 7.26. The van der Waals surface area contributed by atoms with Crippen LogP contribution in [0.25, 0.3) is 0 Å². The molecule has 0 radical (unpaired) electrons. The van der Waals surface area contributed by atoms with Crippen molar-refractivity contribution < 1.29 is 4.74 Å². The maximum Gasteiger partial charge on any atom is 0.148 e. The van der Waals surface area contributed by atoms with Gasteiger partial charge in [0.05, 0.1) is 15.0 Å². The number of nitrogens with two attached hydrogens (primary N) is 1. The molecule has 1 fully saturated rings. The average molecular weight is 405 g/mol. The fourth-order valence-corrected chi connectivity index (χ4v) is 4.64. The summed E-state index contributed by atoms with van der Waals surface area (Å²) in [6.07, 6.45) is 4.82. The van der Waals surface area contributed by atoms with Crippen molar-refractivity contribution in [2.24, 2.45) is 17.6 Å². The van der Waals surface area contributed by atoms with Gasteiger partial charge in [0, 0.05) is 0 Å². The molecule has 2 nitrogen and oxygen atoms in total. The zero-order chi connectivity index (χ0) is 14.7. The van der Waals surface area contributed by atoms with Crippen molar-refractivity contribution in [3.63, 3.8) is 0 Å². The van der Waals surface area contributed by atoms with Crippen LogP contribution in [0.1, 0.15) is 38.7 Å². The minimum absolute atomic E-state index is 0.321. The predicted octanol–water partition coefficient (Wildman–Crippen LogP) is 4.92. The Hall–Kier alpha value is -0.0600. The summed E-state index contributed by atoms with van der Waals surface area (Å²) in [7, 11) is 0. The zero-order valence-electron chi connectivity index (χ0n) is 12.2. The highest BCUT2D eigenvalue weighted by atomic mass is 79.9. The van der Waals surface area contributed by atoms with Gasteiger partial charge in [0.1, 0.15) is 5.75 Å². The molecule has 1 saturated carbocycles. The number of hydrogen-bond donors (Lipinski definition) is 1. The lowest BCUT2D eigenvalue weighted by molar-refractivity contribution is 0.0996. The van der Waals surface area contributed by atoms with E-state index in [0.29, 0.717) is 12.6 Å². The number of benzene rings is 1. The highest BCUT2D eigenvalue weighted by Gasteiger charge is 2.26. The molecule has 0 aliphatic heterocycles. The van der Waals surface area contributed by atoms with Crippen molar-refractivity contribution in [3.05, 3.63) is 26.6 Å². The Bertz CT molecular complexity index is 431. The van der Waals surface area contributed by atoms with Crippen molar-refractivity contribution in [2.45, 2.75) is 45.6 Å². The average Bonchev–Trinajstić information content (AvgIpc) is 2.33. The highest BCUT2D eigenvalue weighted by molar-refractivity contribution is 9.11. The Kier molecular flexibility index (Phi) is 5.94. The van der Waals surface area contributed by atoms with E-state index in [0.717, 1.165) is 45.8 Å². The molecule has 112 valence electrons. The third-order valence-corrected chi connectivity index (χ3v) is 5.09. The Balaban J connectivity index is 2.12. The predicted molar refractivity (Wildman–Crippen MR) is 91.2 cm³/mol. The van der Waals surface area contributed by atoms with E-state index in [2.05, 4.69) is 57.8 Å². The summed E-state index contributed by atoms with van der Waals surface area (Å²) in [5, 5.41) is 0. The molecule has 0 saturated heterocycles. The summed E-state index contributed by atoms with van der Waals surface area (Å²) in [5.74, 6) is 2.42. The number of ether oxygens (including phenoxy) is 1. The molecule has 1 aliphatic rings. The first kappa shape index (κ1) is 16.3. The topological polar surface area (TPSA) is 35.2 Å². The largest absolute Gasteiger partial charge is 0.488 e. The SMILES string of the molecule is CC1CC(C)CC(Oc2c(Br)cc(CCN)cc2Br)C1. The second kappa shape index (κ2) is 7.28. The van der Waals surface area contributed by atoms with Crippen LogP contribution < -0.4 is 10.5 Å². The summed E-state index contributed by atoms with van der Waals surface area (Å²) in [5.41, 5.74) is 6.84. The Morgan fingerprint density at radius 1 is 1.10 bits per heavy atom. The van der Waals surface area contributed by atoms with Crippen LogP contribution in [0.15, 0.2) is 21.1 Å². The standard InChI is InChI=1S/C16H23Br2NO/c1-10-5-11(2)7-13(6-10)20-16-14(17)8-12(3-4-19)9-15(16)18/h8-11,13H,3-7,19H2,1-2H3. The van der Waals surface area contributed by atoms with Crippen molar-refractivity contribution in [1.82, 2.24) is 0 Å². The van der Waals surface area contributed by atoms with Gasteiger partial charge in [-0.25, -0.2) is 0 Å². The summed E-state index contributed by atoms with van der Waals surface area (Å²) in [4.78, 5) is 0. The van der Waals surface area contributed by atoms with Crippen molar-refractivity contribution in [1.29, 1.82) is 0 Å². The molecule has 0 bridgehead atoms. The molecule has 0 amide bonds. The van der Waals surface area contributed by atoms with E-state index >= 15 is 0 Å². The van der Waals surface area contributed by atoms with Crippen LogP contribution in [0, 0.1) is 11.8 Å². The Morgan fingerprint density at radius 3 is 2.15 bits per heavy atom. The minimum Gasteiger partial charge on any atom is -0.488 e. The van der Waals surface area contributed by atoms with Gasteiger partial charge >= 0.3 is 0 Å². The molecule has 1 aromatic carbocycles. The molecule has 0 spiro atoms. The molecule has 4 heteroatoms. The van der Waals surface area contributed by atoms with E-state index in [1.807, 2.05) is 0 Å². The van der Waals surface area contributed by atoms with Crippen LogP contribution in [0.5, 0.6) is 5.75 Å². The highest BCUT2D eigenvalue weighted by Crippen LogP contribution is 2.38. The van der Waals surface area contributed by atoms with Crippen LogP contribution in [0.3, 0.4) is 0 Å². The summed E-state index contributed by atoms with van der Waals surface area (Å²) in [6, 6.07) is 4.23. The third-order valence-electron chi connectivity index (χ3n) is 3.91. The van der Waals surface area contributed by atoms with Gasteiger partial charge in [0.15, 0.2) is 0 Å². The van der Waals surface area contributed by atoms with Gasteiger partial charge in [-0.15, -0.1) is 0 Å². The minimum atomic E-state index is 0.321. The van der Waals surface area contributed by atoms with Crippen LogP contribution in [0.2, 0.25) is 0 Å². The van der Waals surface area contributed by atoms with Crippen LogP contribution in [-0.2, 0) is 6.42 Å². The van der Waals surface area contributed by atoms with E-state index in [1.54, 1.807) is 0 Å². The number of rotatable bonds is 4. The zero-order valence-corrected chi connectivity index (χ0v) is 15.3. The van der Waals surface area contributed by atoms with Gasteiger partial charge in [-0.1, -0.05) is 13.8 Å². The molecule has 2 atom stereocenters. The first-order chi connectivity index (χ1) is 9.49. The smallest absolute Gasteiger partial charge is 0.148 e. The lowest BCUT2D eigenvalue weighted by atomic mass is 9.82. The maximum absolute atomic E-state index is 6.27. The number of hydrogen-bond acceptors (Lipinski definition) is 2. The van der Waals surface area contributed by atoms with E-state index in [1.165, 1.54) is 12.0 Å². The molecule has 0 heterocycles. The van der Waals surface area contributed by atoms with Gasteiger partial charge < -0.3 is 10.5 Å². The van der Waals surface area contributed by atoms with Crippen LogP contribution in [0.4, 0.5) is 0 Å². The molecular formula is C16H23Br2NO. The van der Waals surface area contributed by atoms with Crippen LogP contribution in [-0.4, -0.2) is 12.6 Å². The molecule has 20 heavy (non-hydrogen) atoms. The monoisotopic (exact) mass is 403 g/mol. The first-order valence-electron chi connectivity index (χ1n) is 7.34. The maximum atomic E-state index is 6.27. The van der Waals surface area contributed by atoms with E-state index < -0.39 is 0 Å². The molecule has 2 N–H and O–H groups in total. The molecular weight excluding hydrogens is 382 g/mol. The van der Waals surface area contributed by atoms with Gasteiger partial charge in [-0.3, -0.25) is 0 Å². The second-order valence-electron chi connectivity index (χ2n) is 6.08. The lowest BCUT2D eigenvalue weighted by Gasteiger charge is -2.32. The Morgan fingerprint density at radius 2 is 1.65 bits per heavy atom. The summed E-state index contributed by atoms with van der Waals surface area (Å²) in [6.45, 7) is 5.30. The van der Waals surface area contributed by atoms with Crippen LogP contribution >= 0.6 is 31.9 Å². The number of halogens is 2. The quantitative estimate of drug-likeness (QED) is 0.772. The fraction of sp³-hybridized carbons (Fsp3) is 0.625. The van der Waals surface area contributed by atoms with Gasteiger partial charge in [-0.2, -0.15) is 0 Å². The van der Waals surface area contributed by atoms with Crippen molar-refractivity contribution in [2.75, 3.05) is 6.54 Å². The molecule has 1 aromatic rings. The van der Waals surface area contributed by atoms with E-state index in [4.69, 9.17) is 10.5 Å². The molecule has 1 aliphatic carbocycles. The molecule has 2 rings (SSSR count). The van der Waals surface area contributed by atoms with E-state index in [9.17, 15) is 0 Å². The second-order valence-corrected chi connectivity index (χ2v) is 7.79. The van der Waals surface area contributed by atoms with Crippen molar-refractivity contribution >= 4 is 31.9 Å². The lowest BCUT2D eigenvalue weighted by Crippen LogP contribution is -2.28. The van der Waals surface area contributed by atoms with Gasteiger partial charge in [0.25, 0.3) is 0 Å². The van der Waals surface area contributed by atoms with Gasteiger partial charge in [-0.05, 0) is 93.6 Å². The van der Waals surface area contributed by atoms with Crippen molar-refractivity contribution in [3.8, 4) is 5.75 Å². The van der Waals surface area contributed by atoms with E-state index in [-0.39, 0.29) is 0 Å². The molecule has 2 unspecified atom stereocenters. The molecule has 0 aromatic heterocycles. The summed E-state index contributed by atoms with van der Waals surface area (Å²) < 4.78 is 8.30. The Labute approximate surface area is 138 Å². The van der Waals surface area contributed by atoms with Gasteiger partial charge in [0.2, 0.25) is 0 Å². The third kappa shape index (κ3) is 4.22. The first-order valence-corrected chi connectivity index (χ1v) is 8.92.